The molecule has 2 heterocycles. The van der Waals surface area contributed by atoms with Gasteiger partial charge in [-0.1, -0.05) is 19.9 Å². The minimum Gasteiger partial charge on any atom is -0.349 e. The monoisotopic (exact) mass is 344 g/mol. The van der Waals surface area contributed by atoms with Crippen LogP contribution in [0.4, 0.5) is 8.78 Å². The molecule has 0 fully saturated rings. The summed E-state index contributed by atoms with van der Waals surface area (Å²) in [7, 11) is 0. The summed E-state index contributed by atoms with van der Waals surface area (Å²) in [5.41, 5.74) is 1.43. The van der Waals surface area contributed by atoms with Crippen molar-refractivity contribution in [1.29, 1.82) is 0 Å². The average Bonchev–Trinajstić information content (AvgIpc) is 2.97. The van der Waals surface area contributed by atoms with Crippen LogP contribution in [-0.2, 0) is 11.3 Å². The van der Waals surface area contributed by atoms with E-state index in [9.17, 15) is 13.6 Å². The normalized spacial score (nSPS) is 12.5. The van der Waals surface area contributed by atoms with Crippen molar-refractivity contribution in [1.82, 2.24) is 19.9 Å². The van der Waals surface area contributed by atoms with Gasteiger partial charge in [-0.05, 0) is 18.1 Å². The molecule has 0 spiro atoms. The average molecular weight is 344 g/mol. The Morgan fingerprint density at radius 1 is 1.20 bits per heavy atom. The molecule has 1 atom stereocenters. The highest BCUT2D eigenvalue weighted by Gasteiger charge is 2.26. The molecule has 0 aliphatic heterocycles. The van der Waals surface area contributed by atoms with E-state index in [2.05, 4.69) is 15.3 Å². The van der Waals surface area contributed by atoms with E-state index in [0.717, 1.165) is 17.8 Å². The molecule has 1 N–H and O–H groups in total. The minimum atomic E-state index is -0.967. The maximum absolute atomic E-state index is 13.6. The SMILES string of the molecule is CC(C)[C@H](C(=O)NCc1ccccn1)n1cnc2cc(F)c(F)cc21. The maximum atomic E-state index is 13.6. The molecule has 2 aromatic heterocycles. The molecule has 25 heavy (non-hydrogen) atoms. The fourth-order valence-electron chi connectivity index (χ4n) is 2.78. The van der Waals surface area contributed by atoms with Crippen LogP contribution in [0.2, 0.25) is 0 Å². The second kappa shape index (κ2) is 6.96. The topological polar surface area (TPSA) is 59.8 Å². The molecule has 3 aromatic rings. The number of fused-ring (bicyclic) bond motifs is 1. The molecule has 0 saturated heterocycles. The van der Waals surface area contributed by atoms with Gasteiger partial charge in [0.15, 0.2) is 11.6 Å². The third kappa shape index (κ3) is 3.50. The van der Waals surface area contributed by atoms with Gasteiger partial charge in [-0.2, -0.15) is 0 Å². The second-order valence-electron chi connectivity index (χ2n) is 6.13. The summed E-state index contributed by atoms with van der Waals surface area (Å²) >= 11 is 0. The van der Waals surface area contributed by atoms with Crippen molar-refractivity contribution >= 4 is 16.9 Å². The summed E-state index contributed by atoms with van der Waals surface area (Å²) in [6, 6.07) is 6.96. The lowest BCUT2D eigenvalue weighted by Crippen LogP contribution is -2.35. The van der Waals surface area contributed by atoms with Gasteiger partial charge in [0, 0.05) is 18.3 Å². The van der Waals surface area contributed by atoms with E-state index in [-0.39, 0.29) is 11.8 Å². The Bertz CT molecular complexity index is 893. The number of halogens is 2. The summed E-state index contributed by atoms with van der Waals surface area (Å²) < 4.78 is 28.6. The third-order valence-electron chi connectivity index (χ3n) is 3.99. The number of imidazole rings is 1. The predicted molar refractivity (Wildman–Crippen MR) is 89.6 cm³/mol. The van der Waals surface area contributed by atoms with Crippen LogP contribution in [0.1, 0.15) is 25.6 Å². The number of pyridine rings is 1. The molecule has 7 heteroatoms. The molecular weight excluding hydrogens is 326 g/mol. The predicted octanol–water partition coefficient (Wildman–Crippen LogP) is 3.22. The van der Waals surface area contributed by atoms with Crippen molar-refractivity contribution in [2.75, 3.05) is 0 Å². The number of hydrogen-bond donors (Lipinski definition) is 1. The molecule has 3 rings (SSSR count). The van der Waals surface area contributed by atoms with E-state index in [1.54, 1.807) is 16.8 Å². The number of amides is 1. The van der Waals surface area contributed by atoms with Gasteiger partial charge in [0.2, 0.25) is 5.91 Å². The van der Waals surface area contributed by atoms with Crippen LogP contribution in [0.15, 0.2) is 42.9 Å². The van der Waals surface area contributed by atoms with Gasteiger partial charge in [0.1, 0.15) is 6.04 Å². The van der Waals surface area contributed by atoms with Crippen LogP contribution in [0.25, 0.3) is 11.0 Å². The first kappa shape index (κ1) is 17.0. The van der Waals surface area contributed by atoms with Gasteiger partial charge in [-0.3, -0.25) is 9.78 Å². The molecule has 0 bridgehead atoms. The molecule has 1 aromatic carbocycles. The summed E-state index contributed by atoms with van der Waals surface area (Å²) in [6.45, 7) is 4.06. The maximum Gasteiger partial charge on any atom is 0.243 e. The summed E-state index contributed by atoms with van der Waals surface area (Å²) in [5, 5.41) is 2.84. The van der Waals surface area contributed by atoms with Crippen molar-refractivity contribution in [2.45, 2.75) is 26.4 Å². The standard InChI is InChI=1S/C18H18F2N4O/c1-11(2)17(18(25)22-9-12-5-3-4-6-21-12)24-10-23-15-7-13(19)14(20)8-16(15)24/h3-8,10-11,17H,9H2,1-2H3,(H,22,25)/t17-/m1/s1. The third-order valence-corrected chi connectivity index (χ3v) is 3.99. The van der Waals surface area contributed by atoms with Crippen molar-refractivity contribution in [2.24, 2.45) is 5.92 Å². The number of carbonyl (C=O) groups excluding carboxylic acids is 1. The van der Waals surface area contributed by atoms with Crippen LogP contribution in [0.5, 0.6) is 0 Å². The first-order valence-electron chi connectivity index (χ1n) is 7.96. The lowest BCUT2D eigenvalue weighted by molar-refractivity contribution is -0.125. The van der Waals surface area contributed by atoms with Crippen LogP contribution in [-0.4, -0.2) is 20.4 Å². The molecule has 0 radical (unpaired) electrons. The highest BCUT2D eigenvalue weighted by atomic mass is 19.2. The van der Waals surface area contributed by atoms with Gasteiger partial charge in [-0.15, -0.1) is 0 Å². The zero-order valence-corrected chi connectivity index (χ0v) is 13.9. The van der Waals surface area contributed by atoms with E-state index in [1.165, 1.54) is 6.33 Å². The Kier molecular flexibility index (Phi) is 4.74. The molecule has 5 nitrogen and oxygen atoms in total. The number of carbonyl (C=O) groups is 1. The fraction of sp³-hybridized carbons (Fsp3) is 0.278. The van der Waals surface area contributed by atoms with Crippen LogP contribution in [0.3, 0.4) is 0 Å². The molecule has 0 aliphatic carbocycles. The summed E-state index contributed by atoms with van der Waals surface area (Å²) in [6.07, 6.45) is 3.09. The number of aromatic nitrogens is 3. The van der Waals surface area contributed by atoms with Gasteiger partial charge in [-0.25, -0.2) is 13.8 Å². The highest BCUT2D eigenvalue weighted by molar-refractivity contribution is 5.84. The highest BCUT2D eigenvalue weighted by Crippen LogP contribution is 2.25. The Balaban J connectivity index is 1.88. The number of rotatable bonds is 5. The fourth-order valence-corrected chi connectivity index (χ4v) is 2.78. The van der Waals surface area contributed by atoms with E-state index in [1.807, 2.05) is 26.0 Å². The van der Waals surface area contributed by atoms with Gasteiger partial charge in [0.25, 0.3) is 0 Å². The Labute approximate surface area is 143 Å². The van der Waals surface area contributed by atoms with Crippen molar-refractivity contribution in [3.8, 4) is 0 Å². The largest absolute Gasteiger partial charge is 0.349 e. The lowest BCUT2D eigenvalue weighted by atomic mass is 10.0. The summed E-state index contributed by atoms with van der Waals surface area (Å²) in [5.74, 6) is -2.23. The minimum absolute atomic E-state index is 0.0748. The number of hydrogen-bond acceptors (Lipinski definition) is 3. The van der Waals surface area contributed by atoms with Crippen LogP contribution in [0, 0.1) is 17.6 Å². The number of nitrogens with one attached hydrogen (secondary N) is 1. The molecule has 0 unspecified atom stereocenters. The summed E-state index contributed by atoms with van der Waals surface area (Å²) in [4.78, 5) is 20.9. The van der Waals surface area contributed by atoms with Crippen molar-refractivity contribution < 1.29 is 13.6 Å². The number of benzene rings is 1. The van der Waals surface area contributed by atoms with Gasteiger partial charge >= 0.3 is 0 Å². The Hall–Kier alpha value is -2.83. The zero-order valence-electron chi connectivity index (χ0n) is 13.9. The van der Waals surface area contributed by atoms with E-state index < -0.39 is 17.7 Å². The molecular formula is C18H18F2N4O. The van der Waals surface area contributed by atoms with Crippen LogP contribution >= 0.6 is 0 Å². The van der Waals surface area contributed by atoms with Crippen LogP contribution < -0.4 is 5.32 Å². The quantitative estimate of drug-likeness (QED) is 0.773. The van der Waals surface area contributed by atoms with Crippen molar-refractivity contribution in [3.63, 3.8) is 0 Å². The second-order valence-corrected chi connectivity index (χ2v) is 6.13. The first-order valence-corrected chi connectivity index (χ1v) is 7.96. The zero-order chi connectivity index (χ0) is 18.0. The van der Waals surface area contributed by atoms with E-state index in [4.69, 9.17) is 0 Å². The lowest BCUT2D eigenvalue weighted by Gasteiger charge is -2.22. The Morgan fingerprint density at radius 3 is 2.64 bits per heavy atom. The van der Waals surface area contributed by atoms with Crippen molar-refractivity contribution in [3.05, 3.63) is 60.2 Å². The smallest absolute Gasteiger partial charge is 0.243 e. The van der Waals surface area contributed by atoms with E-state index >= 15 is 0 Å². The van der Waals surface area contributed by atoms with Gasteiger partial charge in [0.05, 0.1) is 29.6 Å². The Morgan fingerprint density at radius 2 is 1.96 bits per heavy atom. The number of nitrogens with zero attached hydrogens (tertiary/aromatic N) is 3. The molecule has 130 valence electrons. The molecule has 0 aliphatic rings. The molecule has 1 amide bonds. The van der Waals surface area contributed by atoms with E-state index in [0.29, 0.717) is 17.6 Å². The molecule has 0 saturated carbocycles. The van der Waals surface area contributed by atoms with Gasteiger partial charge < -0.3 is 9.88 Å². The first-order chi connectivity index (χ1) is 12.0.